The second kappa shape index (κ2) is 7.40. The molecule has 0 saturated heterocycles. The molecule has 26 heavy (non-hydrogen) atoms. The van der Waals surface area contributed by atoms with E-state index in [0.29, 0.717) is 12.1 Å². The van der Waals surface area contributed by atoms with Crippen molar-refractivity contribution in [3.8, 4) is 5.75 Å². The van der Waals surface area contributed by atoms with Crippen molar-refractivity contribution in [3.05, 3.63) is 65.2 Å². The lowest BCUT2D eigenvalue weighted by Gasteiger charge is -2.23. The Bertz CT molecular complexity index is 750. The van der Waals surface area contributed by atoms with Gasteiger partial charge >= 0.3 is 6.18 Å². The quantitative estimate of drug-likeness (QED) is 0.742. The summed E-state index contributed by atoms with van der Waals surface area (Å²) < 4.78 is 41.3. The van der Waals surface area contributed by atoms with Gasteiger partial charge in [0.05, 0.1) is 0 Å². The zero-order valence-electron chi connectivity index (χ0n) is 14.4. The van der Waals surface area contributed by atoms with Gasteiger partial charge in [-0.2, -0.15) is 13.2 Å². The molecule has 3 nitrogen and oxygen atoms in total. The standard InChI is InChI=1S/C20H20F3NO2/c1-14-2-4-15(5-3-14)12-24(17-8-9-17)19(25)16-6-10-18(11-7-16)26-13-20(21,22)23/h2-7,10-11,17H,8-9,12-13H2,1H3. The number of hydrogen-bond donors (Lipinski definition) is 0. The van der Waals surface area contributed by atoms with Gasteiger partial charge in [0.25, 0.3) is 5.91 Å². The molecule has 0 bridgehead atoms. The first-order chi connectivity index (χ1) is 12.3. The summed E-state index contributed by atoms with van der Waals surface area (Å²) in [6, 6.07) is 14.1. The Balaban J connectivity index is 1.68. The molecule has 1 aliphatic carbocycles. The van der Waals surface area contributed by atoms with Crippen LogP contribution >= 0.6 is 0 Å². The molecule has 1 aliphatic rings. The van der Waals surface area contributed by atoms with Gasteiger partial charge in [0.2, 0.25) is 0 Å². The molecule has 1 saturated carbocycles. The number of amides is 1. The minimum Gasteiger partial charge on any atom is -0.484 e. The summed E-state index contributed by atoms with van der Waals surface area (Å²) in [7, 11) is 0. The number of rotatable bonds is 6. The van der Waals surface area contributed by atoms with Crippen LogP contribution in [0.15, 0.2) is 48.5 Å². The maximum Gasteiger partial charge on any atom is 0.422 e. The number of carbonyl (C=O) groups is 1. The van der Waals surface area contributed by atoms with Crippen LogP contribution in [0, 0.1) is 6.92 Å². The van der Waals surface area contributed by atoms with Crippen molar-refractivity contribution in [2.75, 3.05) is 6.61 Å². The summed E-state index contributed by atoms with van der Waals surface area (Å²) in [4.78, 5) is 14.7. The third kappa shape index (κ3) is 5.00. The van der Waals surface area contributed by atoms with E-state index < -0.39 is 12.8 Å². The van der Waals surface area contributed by atoms with E-state index in [2.05, 4.69) is 4.74 Å². The van der Waals surface area contributed by atoms with Gasteiger partial charge in [0.1, 0.15) is 5.75 Å². The Hall–Kier alpha value is -2.50. The molecular weight excluding hydrogens is 343 g/mol. The highest BCUT2D eigenvalue weighted by atomic mass is 19.4. The third-order valence-electron chi connectivity index (χ3n) is 4.23. The van der Waals surface area contributed by atoms with Crippen LogP contribution in [-0.2, 0) is 6.54 Å². The second-order valence-corrected chi connectivity index (χ2v) is 6.58. The van der Waals surface area contributed by atoms with Crippen molar-refractivity contribution < 1.29 is 22.7 Å². The van der Waals surface area contributed by atoms with Crippen molar-refractivity contribution >= 4 is 5.91 Å². The van der Waals surface area contributed by atoms with Crippen molar-refractivity contribution in [2.24, 2.45) is 0 Å². The zero-order chi connectivity index (χ0) is 18.7. The van der Waals surface area contributed by atoms with E-state index in [1.807, 2.05) is 36.1 Å². The Labute approximate surface area is 150 Å². The molecule has 2 aromatic rings. The van der Waals surface area contributed by atoms with Crippen LogP contribution in [0.1, 0.15) is 34.3 Å². The first-order valence-electron chi connectivity index (χ1n) is 8.48. The maximum absolute atomic E-state index is 12.8. The van der Waals surface area contributed by atoms with E-state index >= 15 is 0 Å². The first kappa shape index (κ1) is 18.3. The van der Waals surface area contributed by atoms with Gasteiger partial charge in [0.15, 0.2) is 6.61 Å². The van der Waals surface area contributed by atoms with Crippen LogP contribution in [-0.4, -0.2) is 29.6 Å². The summed E-state index contributed by atoms with van der Waals surface area (Å²) in [6.45, 7) is 1.19. The van der Waals surface area contributed by atoms with Gasteiger partial charge in [-0.15, -0.1) is 0 Å². The Kier molecular flexibility index (Phi) is 5.20. The normalized spacial score (nSPS) is 14.2. The number of benzene rings is 2. The van der Waals surface area contributed by atoms with E-state index in [1.54, 1.807) is 0 Å². The molecule has 3 rings (SSSR count). The summed E-state index contributed by atoms with van der Waals surface area (Å²) in [5.74, 6) is -0.0224. The van der Waals surface area contributed by atoms with Gasteiger partial charge in [-0.25, -0.2) is 0 Å². The van der Waals surface area contributed by atoms with Gasteiger partial charge in [-0.05, 0) is 49.6 Å². The van der Waals surface area contributed by atoms with E-state index in [1.165, 1.54) is 24.3 Å². The van der Waals surface area contributed by atoms with Gasteiger partial charge in [-0.1, -0.05) is 29.8 Å². The molecule has 0 N–H and O–H groups in total. The number of alkyl halides is 3. The number of hydrogen-bond acceptors (Lipinski definition) is 2. The van der Waals surface area contributed by atoms with E-state index in [-0.39, 0.29) is 17.7 Å². The molecular formula is C20H20F3NO2. The predicted molar refractivity (Wildman–Crippen MR) is 92.1 cm³/mol. The van der Waals surface area contributed by atoms with Crippen LogP contribution in [0.2, 0.25) is 0 Å². The minimum absolute atomic E-state index is 0.0929. The highest BCUT2D eigenvalue weighted by Crippen LogP contribution is 2.30. The molecule has 1 amide bonds. The summed E-state index contributed by atoms with van der Waals surface area (Å²) in [6.07, 6.45) is -2.43. The maximum atomic E-state index is 12.8. The number of nitrogens with zero attached hydrogens (tertiary/aromatic N) is 1. The van der Waals surface area contributed by atoms with Crippen molar-refractivity contribution in [3.63, 3.8) is 0 Å². The molecule has 0 heterocycles. The third-order valence-corrected chi connectivity index (χ3v) is 4.23. The molecule has 0 radical (unpaired) electrons. The molecule has 138 valence electrons. The molecule has 2 aromatic carbocycles. The van der Waals surface area contributed by atoms with Crippen molar-refractivity contribution in [1.82, 2.24) is 4.90 Å². The fourth-order valence-electron chi connectivity index (χ4n) is 2.67. The lowest BCUT2D eigenvalue weighted by molar-refractivity contribution is -0.153. The molecule has 0 aliphatic heterocycles. The highest BCUT2D eigenvalue weighted by Gasteiger charge is 2.33. The number of aryl methyl sites for hydroxylation is 1. The monoisotopic (exact) mass is 363 g/mol. The van der Waals surface area contributed by atoms with E-state index in [9.17, 15) is 18.0 Å². The van der Waals surface area contributed by atoms with Crippen LogP contribution in [0.3, 0.4) is 0 Å². The fourth-order valence-corrected chi connectivity index (χ4v) is 2.67. The zero-order valence-corrected chi connectivity index (χ0v) is 14.4. The molecule has 0 spiro atoms. The highest BCUT2D eigenvalue weighted by molar-refractivity contribution is 5.94. The van der Waals surface area contributed by atoms with Crippen LogP contribution in [0.25, 0.3) is 0 Å². The van der Waals surface area contributed by atoms with Crippen LogP contribution < -0.4 is 4.74 Å². The number of carbonyl (C=O) groups excluding carboxylic acids is 1. The smallest absolute Gasteiger partial charge is 0.422 e. The Morgan fingerprint density at radius 1 is 1.08 bits per heavy atom. The summed E-state index contributed by atoms with van der Waals surface area (Å²) in [5.41, 5.74) is 2.66. The molecule has 0 unspecified atom stereocenters. The number of ether oxygens (including phenoxy) is 1. The van der Waals surface area contributed by atoms with Crippen molar-refractivity contribution in [2.45, 2.75) is 38.5 Å². The molecule has 1 fully saturated rings. The number of halogens is 3. The largest absolute Gasteiger partial charge is 0.484 e. The van der Waals surface area contributed by atoms with E-state index in [4.69, 9.17) is 0 Å². The molecule has 0 aromatic heterocycles. The SMILES string of the molecule is Cc1ccc(CN(C(=O)c2ccc(OCC(F)(F)F)cc2)C2CC2)cc1. The lowest BCUT2D eigenvalue weighted by Crippen LogP contribution is -2.32. The van der Waals surface area contributed by atoms with Crippen LogP contribution in [0.4, 0.5) is 13.2 Å². The summed E-state index contributed by atoms with van der Waals surface area (Å²) >= 11 is 0. The second-order valence-electron chi connectivity index (χ2n) is 6.58. The van der Waals surface area contributed by atoms with Gasteiger partial charge in [-0.3, -0.25) is 4.79 Å². The van der Waals surface area contributed by atoms with Gasteiger partial charge < -0.3 is 9.64 Å². The minimum atomic E-state index is -4.38. The average molecular weight is 363 g/mol. The van der Waals surface area contributed by atoms with Crippen LogP contribution in [0.5, 0.6) is 5.75 Å². The predicted octanol–water partition coefficient (Wildman–Crippen LogP) is 4.74. The Morgan fingerprint density at radius 3 is 2.23 bits per heavy atom. The molecule has 0 atom stereocenters. The summed E-state index contributed by atoms with van der Waals surface area (Å²) in [5, 5.41) is 0. The molecule has 6 heteroatoms. The van der Waals surface area contributed by atoms with E-state index in [0.717, 1.165) is 24.0 Å². The topological polar surface area (TPSA) is 29.5 Å². The Morgan fingerprint density at radius 2 is 1.69 bits per heavy atom. The fraction of sp³-hybridized carbons (Fsp3) is 0.350. The van der Waals surface area contributed by atoms with Crippen molar-refractivity contribution in [1.29, 1.82) is 0 Å². The van der Waals surface area contributed by atoms with Gasteiger partial charge in [0, 0.05) is 18.2 Å². The lowest BCUT2D eigenvalue weighted by atomic mass is 10.1. The first-order valence-corrected chi connectivity index (χ1v) is 8.48. The average Bonchev–Trinajstić information content (AvgIpc) is 3.44.